The Labute approximate surface area is 261 Å². The van der Waals surface area contributed by atoms with Gasteiger partial charge in [-0.25, -0.2) is 0 Å². The van der Waals surface area contributed by atoms with E-state index < -0.39 is 11.9 Å². The SMILES string of the molecule is NC(=O)[C@H](Cc1ccc(Cl)cc1)NC(=O)c1cccc2c1OCCC2[As]C(Cc1ccc2ccccc2c1)c1cnc[nH]1. The van der Waals surface area contributed by atoms with E-state index in [-0.39, 0.29) is 37.5 Å². The number of carbonyl (C=O) groups excluding carboxylic acids is 2. The summed E-state index contributed by atoms with van der Waals surface area (Å²) in [6.07, 6.45) is 5.70. The summed E-state index contributed by atoms with van der Waals surface area (Å²) in [5.41, 5.74) is 10.4. The number of halogens is 1. The zero-order chi connectivity index (χ0) is 29.8. The molecule has 0 fully saturated rings. The Kier molecular flexibility index (Phi) is 8.82. The number of para-hydroxylation sites is 1. The summed E-state index contributed by atoms with van der Waals surface area (Å²) in [5, 5.41) is 5.90. The van der Waals surface area contributed by atoms with Gasteiger partial charge >= 0.3 is 251 Å². The topological polar surface area (TPSA) is 110 Å². The number of hydrogen-bond donors (Lipinski definition) is 3. The van der Waals surface area contributed by atoms with Crippen molar-refractivity contribution in [2.75, 3.05) is 6.61 Å². The fourth-order valence-corrected chi connectivity index (χ4v) is 9.18. The molecular weight excluding hydrogens is 623 g/mol. The van der Waals surface area contributed by atoms with Crippen LogP contribution in [-0.2, 0) is 17.6 Å². The molecule has 4 N–H and O–H groups in total. The van der Waals surface area contributed by atoms with Crippen LogP contribution >= 0.6 is 11.6 Å². The van der Waals surface area contributed by atoms with Crippen molar-refractivity contribution in [2.24, 2.45) is 5.73 Å². The quantitative estimate of drug-likeness (QED) is 0.172. The van der Waals surface area contributed by atoms with E-state index in [2.05, 4.69) is 63.8 Å². The van der Waals surface area contributed by atoms with Crippen LogP contribution in [0.2, 0.25) is 5.02 Å². The van der Waals surface area contributed by atoms with Gasteiger partial charge in [0.15, 0.2) is 0 Å². The molecule has 4 aromatic carbocycles. The average Bonchev–Trinajstić information content (AvgIpc) is 3.56. The van der Waals surface area contributed by atoms with Gasteiger partial charge in [-0.3, -0.25) is 0 Å². The molecule has 0 aliphatic carbocycles. The van der Waals surface area contributed by atoms with Crippen LogP contribution in [0, 0.1) is 0 Å². The number of amides is 2. The number of ether oxygens (including phenoxy) is 1. The van der Waals surface area contributed by atoms with Crippen LogP contribution in [0.5, 0.6) is 5.75 Å². The van der Waals surface area contributed by atoms with Gasteiger partial charge < -0.3 is 0 Å². The molecule has 1 aromatic heterocycles. The third-order valence-corrected chi connectivity index (χ3v) is 11.6. The summed E-state index contributed by atoms with van der Waals surface area (Å²) >= 11 is 5.75. The number of hydrogen-bond acceptors (Lipinski definition) is 4. The number of primary amides is 1. The predicted molar refractivity (Wildman–Crippen MR) is 170 cm³/mol. The number of H-pyrrole nitrogens is 1. The first-order chi connectivity index (χ1) is 20.9. The zero-order valence-electron chi connectivity index (χ0n) is 23.4. The molecule has 3 atom stereocenters. The second-order valence-corrected chi connectivity index (χ2v) is 14.4. The molecule has 1 aliphatic heterocycles. The monoisotopic (exact) mass is 653 g/mol. The summed E-state index contributed by atoms with van der Waals surface area (Å²) in [5.74, 6) is -0.392. The van der Waals surface area contributed by atoms with Gasteiger partial charge in [0.2, 0.25) is 0 Å². The zero-order valence-corrected chi connectivity index (χ0v) is 26.0. The molecule has 9 heteroatoms. The second-order valence-electron chi connectivity index (χ2n) is 10.7. The summed E-state index contributed by atoms with van der Waals surface area (Å²) in [6.45, 7) is 0.521. The summed E-state index contributed by atoms with van der Waals surface area (Å²) in [4.78, 5) is 33.5. The van der Waals surface area contributed by atoms with E-state index >= 15 is 0 Å². The molecular formula is C34H31AsClN4O3. The van der Waals surface area contributed by atoms with Crippen molar-refractivity contribution in [2.45, 2.75) is 34.7 Å². The van der Waals surface area contributed by atoms with Crippen LogP contribution in [0.25, 0.3) is 10.8 Å². The number of imidazole rings is 1. The molecule has 2 unspecified atom stereocenters. The van der Waals surface area contributed by atoms with Crippen LogP contribution in [0.1, 0.15) is 48.6 Å². The third-order valence-electron chi connectivity index (χ3n) is 7.77. The molecule has 43 heavy (non-hydrogen) atoms. The normalized spacial score (nSPS) is 16.0. The Bertz CT molecular complexity index is 1740. The van der Waals surface area contributed by atoms with Crippen molar-refractivity contribution in [1.29, 1.82) is 0 Å². The number of rotatable bonds is 10. The maximum atomic E-state index is 13.5. The maximum absolute atomic E-state index is 13.5. The first-order valence-corrected chi connectivity index (χ1v) is 16.8. The molecule has 5 aromatic rings. The van der Waals surface area contributed by atoms with Crippen molar-refractivity contribution in [1.82, 2.24) is 15.3 Å². The summed E-state index contributed by atoms with van der Waals surface area (Å²) in [7, 11) is 0. The molecule has 0 saturated heterocycles. The Morgan fingerprint density at radius 1 is 1.00 bits per heavy atom. The molecule has 1 aliphatic rings. The number of carbonyl (C=O) groups is 2. The second kappa shape index (κ2) is 13.1. The van der Waals surface area contributed by atoms with Gasteiger partial charge in [-0.05, 0) is 0 Å². The first kappa shape index (κ1) is 29.0. The standard InChI is InChI=1S/C34H31AsClN4O3/c36-25-12-9-21(10-13-25)18-30(33(37)41)40-34(42)27-7-3-6-26-28(14-15-43-32(26)27)35-29(31-19-38-20-39-31)17-22-8-11-23-4-1-2-5-24(23)16-22/h1-13,16,19-20,28-30H,14-15,17-18H2,(H2,37,41)(H,38,39)(H,40,42)/t28?,29?,30-/m0/s1. The summed E-state index contributed by atoms with van der Waals surface area (Å²) in [6, 6.07) is 27.0. The van der Waals surface area contributed by atoms with Gasteiger partial charge in [0, 0.05) is 0 Å². The van der Waals surface area contributed by atoms with Gasteiger partial charge in [0.05, 0.1) is 0 Å². The van der Waals surface area contributed by atoms with E-state index in [4.69, 9.17) is 22.1 Å². The van der Waals surface area contributed by atoms with Gasteiger partial charge in [-0.2, -0.15) is 0 Å². The number of benzene rings is 4. The number of aromatic nitrogens is 2. The molecule has 0 spiro atoms. The van der Waals surface area contributed by atoms with Gasteiger partial charge in [0.1, 0.15) is 0 Å². The molecule has 2 amide bonds. The van der Waals surface area contributed by atoms with E-state index in [1.165, 1.54) is 16.3 Å². The van der Waals surface area contributed by atoms with Gasteiger partial charge in [0.25, 0.3) is 0 Å². The Balaban J connectivity index is 1.23. The van der Waals surface area contributed by atoms with Crippen molar-refractivity contribution in [3.8, 4) is 5.75 Å². The molecule has 217 valence electrons. The van der Waals surface area contributed by atoms with Crippen LogP contribution in [-0.4, -0.2) is 50.2 Å². The molecule has 7 nitrogen and oxygen atoms in total. The Hall–Kier alpha value is -4.06. The van der Waals surface area contributed by atoms with Crippen LogP contribution in [0.3, 0.4) is 0 Å². The first-order valence-electron chi connectivity index (χ1n) is 14.2. The number of nitrogens with two attached hydrogens (primary N) is 1. The fraction of sp³-hybridized carbons (Fsp3) is 0.206. The molecule has 0 saturated carbocycles. The van der Waals surface area contributed by atoms with Crippen molar-refractivity contribution in [3.05, 3.63) is 130 Å². The summed E-state index contributed by atoms with van der Waals surface area (Å²) < 4.78 is 6.67. The molecule has 0 bridgehead atoms. The van der Waals surface area contributed by atoms with Crippen molar-refractivity contribution in [3.63, 3.8) is 0 Å². The minimum atomic E-state index is -0.873. The number of fused-ring (bicyclic) bond motifs is 2. The van der Waals surface area contributed by atoms with E-state index in [9.17, 15) is 9.59 Å². The average molecular weight is 654 g/mol. The third kappa shape index (κ3) is 6.79. The predicted octanol–water partition coefficient (Wildman–Crippen LogP) is 5.55. The number of nitrogens with one attached hydrogen (secondary N) is 2. The van der Waals surface area contributed by atoms with Crippen LogP contribution in [0.15, 0.2) is 97.5 Å². The fourth-order valence-electron chi connectivity index (χ4n) is 5.55. The molecule has 1 radical (unpaired) electrons. The number of aromatic amines is 1. The van der Waals surface area contributed by atoms with Crippen LogP contribution in [0.4, 0.5) is 0 Å². The van der Waals surface area contributed by atoms with E-state index in [0.717, 1.165) is 29.7 Å². The van der Waals surface area contributed by atoms with E-state index in [1.807, 2.05) is 24.4 Å². The minimum absolute atomic E-state index is 0.247. The van der Waals surface area contributed by atoms with Crippen molar-refractivity contribution < 1.29 is 14.3 Å². The van der Waals surface area contributed by atoms with E-state index in [0.29, 0.717) is 22.9 Å². The van der Waals surface area contributed by atoms with Gasteiger partial charge in [-0.1, -0.05) is 11.6 Å². The molecule has 2 heterocycles. The Morgan fingerprint density at radius 2 is 1.79 bits per heavy atom. The number of nitrogens with zero attached hydrogens (tertiary/aromatic N) is 1. The molecule has 6 rings (SSSR count). The van der Waals surface area contributed by atoms with Crippen LogP contribution < -0.4 is 15.8 Å². The van der Waals surface area contributed by atoms with Gasteiger partial charge in [-0.15, -0.1) is 0 Å². The van der Waals surface area contributed by atoms with Crippen molar-refractivity contribution >= 4 is 49.9 Å². The Morgan fingerprint density at radius 3 is 2.56 bits per heavy atom. The van der Waals surface area contributed by atoms with E-state index in [1.54, 1.807) is 24.5 Å².